The molecule has 0 aromatic heterocycles. The van der Waals surface area contributed by atoms with Crippen molar-refractivity contribution in [3.8, 4) is 0 Å². The van der Waals surface area contributed by atoms with Crippen LogP contribution in [0, 0.1) is 0 Å². The lowest BCUT2D eigenvalue weighted by Crippen LogP contribution is -2.24. The first-order chi connectivity index (χ1) is 6.43. The van der Waals surface area contributed by atoms with Crippen LogP contribution >= 0.6 is 11.6 Å². The average molecular weight is 215 g/mol. The van der Waals surface area contributed by atoms with E-state index in [0.717, 1.165) is 0 Å². The van der Waals surface area contributed by atoms with Gasteiger partial charge in [0.1, 0.15) is 5.60 Å². The van der Waals surface area contributed by atoms with Crippen molar-refractivity contribution in [2.45, 2.75) is 19.4 Å². The molecule has 1 N–H and O–H groups in total. The standard InChI is InChI=1S/C10H11ClO3/c1-10(2,14-9(12)13)7-5-3-4-6-8(7)11/h3-6H,1-2H3,(H,12,13). The monoisotopic (exact) mass is 214 g/mol. The summed E-state index contributed by atoms with van der Waals surface area (Å²) in [5.41, 5.74) is -0.270. The number of carboxylic acid groups (broad SMARTS) is 1. The van der Waals surface area contributed by atoms with E-state index in [-0.39, 0.29) is 0 Å². The molecule has 3 nitrogen and oxygen atoms in total. The highest BCUT2D eigenvalue weighted by atomic mass is 35.5. The van der Waals surface area contributed by atoms with Gasteiger partial charge in [-0.3, -0.25) is 0 Å². The largest absolute Gasteiger partial charge is 0.506 e. The smallest absolute Gasteiger partial charge is 0.450 e. The third-order valence-corrected chi connectivity index (χ3v) is 2.19. The first-order valence-electron chi connectivity index (χ1n) is 4.10. The fourth-order valence-corrected chi connectivity index (χ4v) is 1.59. The third-order valence-electron chi connectivity index (χ3n) is 1.86. The SMILES string of the molecule is CC(C)(OC(=O)O)c1ccccc1Cl. The number of benzene rings is 1. The van der Waals surface area contributed by atoms with Gasteiger partial charge in [0.25, 0.3) is 0 Å². The number of rotatable bonds is 2. The van der Waals surface area contributed by atoms with E-state index in [1.54, 1.807) is 38.1 Å². The van der Waals surface area contributed by atoms with Gasteiger partial charge in [-0.05, 0) is 19.9 Å². The Hall–Kier alpha value is -1.22. The zero-order valence-corrected chi connectivity index (χ0v) is 8.71. The second-order valence-electron chi connectivity index (χ2n) is 3.36. The number of hydrogen-bond donors (Lipinski definition) is 1. The quantitative estimate of drug-likeness (QED) is 0.769. The first kappa shape index (κ1) is 10.9. The van der Waals surface area contributed by atoms with Gasteiger partial charge in [0, 0.05) is 10.6 Å². The highest BCUT2D eigenvalue weighted by molar-refractivity contribution is 6.31. The fraction of sp³-hybridized carbons (Fsp3) is 0.300. The van der Waals surface area contributed by atoms with Crippen LogP contribution in [0.3, 0.4) is 0 Å². The molecule has 4 heteroatoms. The Kier molecular flexibility index (Phi) is 3.01. The summed E-state index contributed by atoms with van der Waals surface area (Å²) in [6.45, 7) is 3.31. The lowest BCUT2D eigenvalue weighted by Gasteiger charge is -2.24. The van der Waals surface area contributed by atoms with Crippen molar-refractivity contribution in [1.82, 2.24) is 0 Å². The second-order valence-corrected chi connectivity index (χ2v) is 3.77. The normalized spacial score (nSPS) is 11.1. The minimum Gasteiger partial charge on any atom is -0.450 e. The summed E-state index contributed by atoms with van der Waals surface area (Å²) < 4.78 is 4.74. The van der Waals surface area contributed by atoms with Gasteiger partial charge in [0.2, 0.25) is 0 Å². The molecule has 1 aromatic rings. The number of ether oxygens (including phenoxy) is 1. The Morgan fingerprint density at radius 2 is 2.00 bits per heavy atom. The van der Waals surface area contributed by atoms with E-state index in [9.17, 15) is 4.79 Å². The first-order valence-corrected chi connectivity index (χ1v) is 4.48. The van der Waals surface area contributed by atoms with Gasteiger partial charge in [0.15, 0.2) is 0 Å². The Morgan fingerprint density at radius 3 is 2.50 bits per heavy atom. The van der Waals surface area contributed by atoms with Crippen molar-refractivity contribution < 1.29 is 14.6 Å². The number of carbonyl (C=O) groups is 1. The van der Waals surface area contributed by atoms with E-state index in [1.807, 2.05) is 0 Å². The highest BCUT2D eigenvalue weighted by Crippen LogP contribution is 2.30. The van der Waals surface area contributed by atoms with Gasteiger partial charge in [-0.15, -0.1) is 0 Å². The fourth-order valence-electron chi connectivity index (χ4n) is 1.22. The summed E-state index contributed by atoms with van der Waals surface area (Å²) in [6.07, 6.45) is -1.31. The zero-order valence-electron chi connectivity index (χ0n) is 7.95. The molecule has 1 rings (SSSR count). The Balaban J connectivity index is 3.03. The molecule has 0 saturated heterocycles. The maximum absolute atomic E-state index is 10.4. The Morgan fingerprint density at radius 1 is 1.43 bits per heavy atom. The molecule has 1 aromatic carbocycles. The zero-order chi connectivity index (χ0) is 10.8. The maximum Gasteiger partial charge on any atom is 0.506 e. The van der Waals surface area contributed by atoms with Crippen molar-refractivity contribution in [1.29, 1.82) is 0 Å². The molecule has 0 amide bonds. The minimum absolute atomic E-state index is 0.499. The summed E-state index contributed by atoms with van der Waals surface area (Å²) in [6, 6.07) is 7.01. The summed E-state index contributed by atoms with van der Waals surface area (Å²) in [5, 5.41) is 9.03. The van der Waals surface area contributed by atoms with Crippen molar-refractivity contribution in [2.24, 2.45) is 0 Å². The van der Waals surface area contributed by atoms with Gasteiger partial charge < -0.3 is 9.84 Å². The molecule has 0 aliphatic carbocycles. The van der Waals surface area contributed by atoms with Crippen LogP contribution in [0.25, 0.3) is 0 Å². The molecular weight excluding hydrogens is 204 g/mol. The van der Waals surface area contributed by atoms with Crippen molar-refractivity contribution in [3.63, 3.8) is 0 Å². The number of halogens is 1. The third kappa shape index (κ3) is 2.39. The van der Waals surface area contributed by atoms with Crippen LogP contribution in [0.5, 0.6) is 0 Å². The van der Waals surface area contributed by atoms with Gasteiger partial charge in [-0.2, -0.15) is 0 Å². The van der Waals surface area contributed by atoms with Crippen molar-refractivity contribution >= 4 is 17.8 Å². The molecule has 0 aliphatic heterocycles. The topological polar surface area (TPSA) is 46.5 Å². The predicted octanol–water partition coefficient (Wildman–Crippen LogP) is 3.27. The summed E-state index contributed by atoms with van der Waals surface area (Å²) in [5.74, 6) is 0. The minimum atomic E-state index is -1.31. The molecule has 0 unspecified atom stereocenters. The van der Waals surface area contributed by atoms with Crippen LogP contribution < -0.4 is 0 Å². The molecule has 0 radical (unpaired) electrons. The summed E-state index contributed by atoms with van der Waals surface area (Å²) in [4.78, 5) is 10.4. The van der Waals surface area contributed by atoms with E-state index < -0.39 is 11.8 Å². The van der Waals surface area contributed by atoms with Crippen LogP contribution in [0.4, 0.5) is 4.79 Å². The summed E-state index contributed by atoms with van der Waals surface area (Å²) >= 11 is 5.92. The van der Waals surface area contributed by atoms with E-state index in [4.69, 9.17) is 21.4 Å². The molecule has 0 atom stereocenters. The van der Waals surface area contributed by atoms with Crippen LogP contribution in [0.1, 0.15) is 19.4 Å². The van der Waals surface area contributed by atoms with Crippen LogP contribution in [0.15, 0.2) is 24.3 Å². The van der Waals surface area contributed by atoms with Gasteiger partial charge in [-0.1, -0.05) is 29.8 Å². The lowest BCUT2D eigenvalue weighted by atomic mass is 9.98. The predicted molar refractivity (Wildman–Crippen MR) is 53.6 cm³/mol. The van der Waals surface area contributed by atoms with E-state index in [0.29, 0.717) is 10.6 Å². The lowest BCUT2D eigenvalue weighted by molar-refractivity contribution is 0.00110. The van der Waals surface area contributed by atoms with E-state index in [1.165, 1.54) is 0 Å². The molecule has 0 fully saturated rings. The molecular formula is C10H11ClO3. The highest BCUT2D eigenvalue weighted by Gasteiger charge is 2.27. The second kappa shape index (κ2) is 3.88. The molecule has 0 aliphatic rings. The molecule has 0 heterocycles. The molecule has 14 heavy (non-hydrogen) atoms. The Labute approximate surface area is 87.3 Å². The van der Waals surface area contributed by atoms with Gasteiger partial charge >= 0.3 is 6.16 Å². The van der Waals surface area contributed by atoms with Crippen LogP contribution in [-0.4, -0.2) is 11.3 Å². The van der Waals surface area contributed by atoms with E-state index >= 15 is 0 Å². The van der Waals surface area contributed by atoms with Gasteiger partial charge in [0.05, 0.1) is 0 Å². The molecule has 76 valence electrons. The molecule has 0 spiro atoms. The van der Waals surface area contributed by atoms with Crippen LogP contribution in [0.2, 0.25) is 5.02 Å². The molecule has 0 bridgehead atoms. The van der Waals surface area contributed by atoms with Crippen molar-refractivity contribution in [2.75, 3.05) is 0 Å². The van der Waals surface area contributed by atoms with Crippen LogP contribution in [-0.2, 0) is 10.3 Å². The Bertz CT molecular complexity index is 347. The van der Waals surface area contributed by atoms with E-state index in [2.05, 4.69) is 0 Å². The molecule has 0 saturated carbocycles. The van der Waals surface area contributed by atoms with Gasteiger partial charge in [-0.25, -0.2) is 4.79 Å². The maximum atomic E-state index is 10.4. The van der Waals surface area contributed by atoms with Crippen molar-refractivity contribution in [3.05, 3.63) is 34.9 Å². The average Bonchev–Trinajstić information content (AvgIpc) is 2.02. The summed E-state index contributed by atoms with van der Waals surface area (Å²) in [7, 11) is 0. The number of hydrogen-bond acceptors (Lipinski definition) is 2.